The monoisotopic (exact) mass is 322 g/mol. The predicted molar refractivity (Wildman–Crippen MR) is 94.8 cm³/mol. The van der Waals surface area contributed by atoms with Gasteiger partial charge in [0.25, 0.3) is 0 Å². The molecule has 0 atom stereocenters. The summed E-state index contributed by atoms with van der Waals surface area (Å²) in [6.07, 6.45) is 0. The minimum atomic E-state index is -0.0471. The number of fused-ring (bicyclic) bond motifs is 1. The fourth-order valence-electron chi connectivity index (χ4n) is 2.85. The lowest BCUT2D eigenvalue weighted by molar-refractivity contribution is 0.101. The van der Waals surface area contributed by atoms with Crippen LogP contribution in [-0.4, -0.2) is 5.78 Å². The second kappa shape index (κ2) is 6.16. The molecule has 1 aliphatic rings. The average molecular weight is 322 g/mol. The Labute approximate surface area is 142 Å². The number of hydrogen-bond donors (Lipinski definition) is 0. The highest BCUT2D eigenvalue weighted by atomic mass is 16.5. The molecule has 0 radical (unpaired) electrons. The highest BCUT2D eigenvalue weighted by molar-refractivity contribution is 6.13. The van der Waals surface area contributed by atoms with Crippen LogP contribution in [0.4, 0.5) is 0 Å². The summed E-state index contributed by atoms with van der Waals surface area (Å²) < 4.78 is 11.8. The van der Waals surface area contributed by atoms with Crippen molar-refractivity contribution in [3.05, 3.63) is 69.5 Å². The van der Waals surface area contributed by atoms with Gasteiger partial charge in [-0.25, -0.2) is 0 Å². The molecule has 0 fully saturated rings. The number of Topliss-reactive ketones (excluding diaryl/α,β-unsaturated/α-hetero) is 1. The molecule has 3 nitrogen and oxygen atoms in total. The molecular formula is C21H22O3. The van der Waals surface area contributed by atoms with Crippen molar-refractivity contribution < 1.29 is 14.3 Å². The van der Waals surface area contributed by atoms with E-state index in [1.54, 1.807) is 6.07 Å². The quantitative estimate of drug-likeness (QED) is 0.741. The van der Waals surface area contributed by atoms with Crippen LogP contribution in [0.5, 0.6) is 11.5 Å². The van der Waals surface area contributed by atoms with Crippen molar-refractivity contribution in [3.63, 3.8) is 0 Å². The maximum Gasteiger partial charge on any atom is 0.231 e. The van der Waals surface area contributed by atoms with Crippen LogP contribution in [0, 0.1) is 20.8 Å². The second-order valence-corrected chi connectivity index (χ2v) is 6.54. The van der Waals surface area contributed by atoms with Crippen LogP contribution in [0.2, 0.25) is 0 Å². The van der Waals surface area contributed by atoms with Crippen molar-refractivity contribution in [2.24, 2.45) is 0 Å². The summed E-state index contributed by atoms with van der Waals surface area (Å²) in [5, 5.41) is 0. The Morgan fingerprint density at radius 2 is 1.83 bits per heavy atom. The van der Waals surface area contributed by atoms with Crippen molar-refractivity contribution in [1.82, 2.24) is 0 Å². The number of carbonyl (C=O) groups excluding carboxylic acids is 1. The average Bonchev–Trinajstić information content (AvgIpc) is 2.88. The van der Waals surface area contributed by atoms with Crippen LogP contribution in [-0.2, 0) is 6.61 Å². The van der Waals surface area contributed by atoms with Crippen molar-refractivity contribution >= 4 is 5.78 Å². The van der Waals surface area contributed by atoms with Gasteiger partial charge in [-0.05, 0) is 63.5 Å². The summed E-state index contributed by atoms with van der Waals surface area (Å²) >= 11 is 0. The van der Waals surface area contributed by atoms with E-state index in [0.717, 1.165) is 22.4 Å². The lowest BCUT2D eigenvalue weighted by Crippen LogP contribution is -2.00. The maximum atomic E-state index is 12.3. The largest absolute Gasteiger partial charge is 0.488 e. The van der Waals surface area contributed by atoms with Gasteiger partial charge in [-0.15, -0.1) is 0 Å². The second-order valence-electron chi connectivity index (χ2n) is 6.54. The summed E-state index contributed by atoms with van der Waals surface area (Å²) in [5.41, 5.74) is 5.94. The van der Waals surface area contributed by atoms with Crippen molar-refractivity contribution in [2.45, 2.75) is 41.2 Å². The summed E-state index contributed by atoms with van der Waals surface area (Å²) in [6, 6.07) is 9.99. The molecule has 0 saturated carbocycles. The van der Waals surface area contributed by atoms with Crippen molar-refractivity contribution in [1.29, 1.82) is 0 Å². The number of aryl methyl sites for hydroxylation is 2. The minimum Gasteiger partial charge on any atom is -0.488 e. The van der Waals surface area contributed by atoms with Gasteiger partial charge in [-0.3, -0.25) is 4.79 Å². The fraction of sp³-hybridized carbons (Fsp3) is 0.286. The first-order chi connectivity index (χ1) is 11.4. The number of ether oxygens (including phenoxy) is 2. The topological polar surface area (TPSA) is 35.5 Å². The normalized spacial score (nSPS) is 12.9. The van der Waals surface area contributed by atoms with Crippen molar-refractivity contribution in [2.75, 3.05) is 0 Å². The van der Waals surface area contributed by atoms with E-state index in [1.165, 1.54) is 11.1 Å². The molecule has 3 heteroatoms. The molecule has 0 unspecified atom stereocenters. The zero-order valence-electron chi connectivity index (χ0n) is 14.8. The minimum absolute atomic E-state index is 0.0471. The molecule has 0 N–H and O–H groups in total. The summed E-state index contributed by atoms with van der Waals surface area (Å²) in [6.45, 7) is 10.3. The van der Waals surface area contributed by atoms with Crippen LogP contribution < -0.4 is 9.47 Å². The van der Waals surface area contributed by atoms with Gasteiger partial charge in [0, 0.05) is 5.56 Å². The first-order valence-electron chi connectivity index (χ1n) is 8.11. The highest BCUT2D eigenvalue weighted by Crippen LogP contribution is 2.39. The van der Waals surface area contributed by atoms with E-state index in [1.807, 2.05) is 26.8 Å². The molecule has 0 bridgehead atoms. The third kappa shape index (κ3) is 2.82. The molecule has 0 aromatic heterocycles. The molecule has 0 amide bonds. The Hall–Kier alpha value is -2.55. The van der Waals surface area contributed by atoms with Gasteiger partial charge in [0.1, 0.15) is 18.1 Å². The molecule has 2 aromatic rings. The van der Waals surface area contributed by atoms with Gasteiger partial charge in [-0.1, -0.05) is 23.8 Å². The summed E-state index contributed by atoms with van der Waals surface area (Å²) in [5.74, 6) is 1.75. The Bertz CT molecular complexity index is 856. The molecule has 3 rings (SSSR count). The Kier molecular flexibility index (Phi) is 4.18. The lowest BCUT2D eigenvalue weighted by Gasteiger charge is -2.13. The van der Waals surface area contributed by atoms with E-state index in [-0.39, 0.29) is 5.78 Å². The molecule has 124 valence electrons. The molecule has 1 aliphatic heterocycles. The number of ketones is 1. The number of rotatable bonds is 3. The predicted octanol–water partition coefficient (Wildman–Crippen LogP) is 5.06. The van der Waals surface area contributed by atoms with Gasteiger partial charge in [0.05, 0.1) is 5.56 Å². The zero-order chi connectivity index (χ0) is 17.4. The van der Waals surface area contributed by atoms with E-state index in [0.29, 0.717) is 23.7 Å². The van der Waals surface area contributed by atoms with Gasteiger partial charge in [0.15, 0.2) is 5.76 Å². The molecule has 1 heterocycles. The Balaban J connectivity index is 1.88. The molecule has 0 aliphatic carbocycles. The van der Waals surface area contributed by atoms with E-state index in [4.69, 9.17) is 9.47 Å². The maximum absolute atomic E-state index is 12.3. The summed E-state index contributed by atoms with van der Waals surface area (Å²) in [4.78, 5) is 12.3. The highest BCUT2D eigenvalue weighted by Gasteiger charge is 2.30. The van der Waals surface area contributed by atoms with E-state index in [2.05, 4.69) is 32.0 Å². The van der Waals surface area contributed by atoms with Crippen LogP contribution in [0.1, 0.15) is 46.5 Å². The first kappa shape index (κ1) is 16.3. The molecular weight excluding hydrogens is 300 g/mol. The van der Waals surface area contributed by atoms with E-state index in [9.17, 15) is 4.79 Å². The molecule has 0 saturated heterocycles. The Morgan fingerprint density at radius 1 is 1.08 bits per heavy atom. The van der Waals surface area contributed by atoms with Gasteiger partial charge in [-0.2, -0.15) is 0 Å². The molecule has 24 heavy (non-hydrogen) atoms. The SMILES string of the molecule is CC(C)=C1Oc2c(ccc(OCc3cc(C)ccc3C)c2C)C1=O. The van der Waals surface area contributed by atoms with Crippen LogP contribution in [0.25, 0.3) is 0 Å². The molecule has 0 spiro atoms. The van der Waals surface area contributed by atoms with Gasteiger partial charge >= 0.3 is 0 Å². The number of allylic oxidation sites excluding steroid dienone is 2. The molecule has 2 aromatic carbocycles. The smallest absolute Gasteiger partial charge is 0.231 e. The fourth-order valence-corrected chi connectivity index (χ4v) is 2.85. The van der Waals surface area contributed by atoms with Crippen LogP contribution in [0.15, 0.2) is 41.7 Å². The standard InChI is InChI=1S/C21H22O3/c1-12(2)20-19(22)17-8-9-18(15(5)21(17)24-20)23-11-16-10-13(3)6-7-14(16)4/h6-10H,11H2,1-5H3. The third-order valence-electron chi connectivity index (χ3n) is 4.35. The first-order valence-corrected chi connectivity index (χ1v) is 8.11. The Morgan fingerprint density at radius 3 is 2.54 bits per heavy atom. The van der Waals surface area contributed by atoms with Crippen LogP contribution >= 0.6 is 0 Å². The number of hydrogen-bond acceptors (Lipinski definition) is 3. The lowest BCUT2D eigenvalue weighted by atomic mass is 10.0. The van der Waals surface area contributed by atoms with Gasteiger partial charge < -0.3 is 9.47 Å². The van der Waals surface area contributed by atoms with Gasteiger partial charge in [0.2, 0.25) is 5.78 Å². The number of benzene rings is 2. The third-order valence-corrected chi connectivity index (χ3v) is 4.35. The summed E-state index contributed by atoms with van der Waals surface area (Å²) in [7, 11) is 0. The van der Waals surface area contributed by atoms with Crippen molar-refractivity contribution in [3.8, 4) is 11.5 Å². The van der Waals surface area contributed by atoms with E-state index >= 15 is 0 Å². The number of carbonyl (C=O) groups is 1. The zero-order valence-corrected chi connectivity index (χ0v) is 14.8. The van der Waals surface area contributed by atoms with Crippen LogP contribution in [0.3, 0.4) is 0 Å². The van der Waals surface area contributed by atoms with E-state index < -0.39 is 0 Å².